The lowest BCUT2D eigenvalue weighted by Gasteiger charge is -2.09. The fourth-order valence-corrected chi connectivity index (χ4v) is 2.33. The summed E-state index contributed by atoms with van der Waals surface area (Å²) in [5.41, 5.74) is 7.52. The Kier molecular flexibility index (Phi) is 6.47. The van der Waals surface area contributed by atoms with Crippen LogP contribution >= 0.6 is 28.1 Å². The Morgan fingerprint density at radius 2 is 2.24 bits per heavy atom. The van der Waals surface area contributed by atoms with Gasteiger partial charge < -0.3 is 15.8 Å². The lowest BCUT2D eigenvalue weighted by atomic mass is 10.2. The van der Waals surface area contributed by atoms with Gasteiger partial charge in [0, 0.05) is 36.0 Å². The van der Waals surface area contributed by atoms with Crippen LogP contribution in [-0.2, 0) is 4.74 Å². The number of unbranched alkanes of at least 4 members (excludes halogenated alkanes) is 1. The monoisotopic (exact) mass is 316 g/mol. The van der Waals surface area contributed by atoms with Crippen LogP contribution in [0.2, 0.25) is 0 Å². The molecule has 0 unspecified atom stereocenters. The minimum Gasteiger partial charge on any atom is -0.389 e. The lowest BCUT2D eigenvalue weighted by molar-refractivity contribution is 0.194. The van der Waals surface area contributed by atoms with E-state index in [-0.39, 0.29) is 0 Å². The van der Waals surface area contributed by atoms with Crippen LogP contribution in [0.4, 0.5) is 5.69 Å². The van der Waals surface area contributed by atoms with Gasteiger partial charge in [-0.2, -0.15) is 0 Å². The fourth-order valence-electron chi connectivity index (χ4n) is 1.43. The Hall–Kier alpha value is -0.650. The van der Waals surface area contributed by atoms with Crippen molar-refractivity contribution < 1.29 is 4.74 Å². The van der Waals surface area contributed by atoms with Crippen molar-refractivity contribution in [1.29, 1.82) is 0 Å². The van der Waals surface area contributed by atoms with Crippen molar-refractivity contribution in [1.82, 2.24) is 0 Å². The molecule has 0 aliphatic carbocycles. The van der Waals surface area contributed by atoms with Crippen LogP contribution in [0.25, 0.3) is 0 Å². The molecule has 0 saturated heterocycles. The molecule has 3 nitrogen and oxygen atoms in total. The Morgan fingerprint density at radius 3 is 2.82 bits per heavy atom. The molecule has 0 amide bonds. The first-order chi connectivity index (χ1) is 8.15. The topological polar surface area (TPSA) is 47.3 Å². The molecular formula is C12H17BrN2OS. The molecule has 5 heteroatoms. The fraction of sp³-hybridized carbons (Fsp3) is 0.417. The van der Waals surface area contributed by atoms with Crippen LogP contribution in [0.15, 0.2) is 22.7 Å². The number of nitrogens with one attached hydrogen (secondary N) is 1. The summed E-state index contributed by atoms with van der Waals surface area (Å²) in [5.74, 6) is 0. The van der Waals surface area contributed by atoms with E-state index in [1.54, 1.807) is 7.11 Å². The quantitative estimate of drug-likeness (QED) is 0.600. The lowest BCUT2D eigenvalue weighted by Crippen LogP contribution is -2.10. The first-order valence-corrected chi connectivity index (χ1v) is 6.67. The van der Waals surface area contributed by atoms with Crippen molar-refractivity contribution in [3.05, 3.63) is 28.2 Å². The second-order valence-corrected chi connectivity index (χ2v) is 4.98. The van der Waals surface area contributed by atoms with Gasteiger partial charge in [-0.25, -0.2) is 0 Å². The molecule has 3 N–H and O–H groups in total. The number of thiocarbonyl (C=S) groups is 1. The molecule has 0 aromatic heterocycles. The summed E-state index contributed by atoms with van der Waals surface area (Å²) in [5, 5.41) is 3.34. The van der Waals surface area contributed by atoms with Crippen LogP contribution in [0.1, 0.15) is 18.4 Å². The zero-order valence-electron chi connectivity index (χ0n) is 9.83. The largest absolute Gasteiger partial charge is 0.389 e. The maximum Gasteiger partial charge on any atom is 0.105 e. The van der Waals surface area contributed by atoms with Crippen molar-refractivity contribution in [2.75, 3.05) is 25.6 Å². The second kappa shape index (κ2) is 7.63. The van der Waals surface area contributed by atoms with Gasteiger partial charge in [0.1, 0.15) is 4.99 Å². The highest BCUT2D eigenvalue weighted by molar-refractivity contribution is 9.10. The van der Waals surface area contributed by atoms with Gasteiger partial charge in [-0.05, 0) is 47.0 Å². The SMILES string of the molecule is COCCCCNc1ccc(C(N)=S)c(Br)c1. The van der Waals surface area contributed by atoms with E-state index in [2.05, 4.69) is 21.2 Å². The number of hydrogen-bond acceptors (Lipinski definition) is 3. The van der Waals surface area contributed by atoms with Crippen molar-refractivity contribution >= 4 is 38.8 Å². The highest BCUT2D eigenvalue weighted by atomic mass is 79.9. The molecule has 0 heterocycles. The van der Waals surface area contributed by atoms with E-state index in [1.807, 2.05) is 18.2 Å². The molecule has 17 heavy (non-hydrogen) atoms. The van der Waals surface area contributed by atoms with E-state index in [0.29, 0.717) is 4.99 Å². The van der Waals surface area contributed by atoms with Gasteiger partial charge in [-0.3, -0.25) is 0 Å². The third-order valence-electron chi connectivity index (χ3n) is 2.34. The first-order valence-electron chi connectivity index (χ1n) is 5.47. The van der Waals surface area contributed by atoms with Crippen molar-refractivity contribution in [3.8, 4) is 0 Å². The first kappa shape index (κ1) is 14.4. The van der Waals surface area contributed by atoms with E-state index >= 15 is 0 Å². The molecule has 0 radical (unpaired) electrons. The summed E-state index contributed by atoms with van der Waals surface area (Å²) in [4.78, 5) is 0.406. The average Bonchev–Trinajstić information content (AvgIpc) is 2.28. The molecular weight excluding hydrogens is 300 g/mol. The van der Waals surface area contributed by atoms with Gasteiger partial charge in [-0.15, -0.1) is 0 Å². The van der Waals surface area contributed by atoms with Crippen molar-refractivity contribution in [3.63, 3.8) is 0 Å². The van der Waals surface area contributed by atoms with Crippen LogP contribution < -0.4 is 11.1 Å². The molecule has 0 atom stereocenters. The molecule has 1 aromatic carbocycles. The minimum absolute atomic E-state index is 0.406. The highest BCUT2D eigenvalue weighted by Crippen LogP contribution is 2.21. The molecule has 1 rings (SSSR count). The molecule has 94 valence electrons. The molecule has 0 bridgehead atoms. The summed E-state index contributed by atoms with van der Waals surface area (Å²) in [6.07, 6.45) is 2.15. The number of hydrogen-bond donors (Lipinski definition) is 2. The second-order valence-electron chi connectivity index (χ2n) is 3.69. The van der Waals surface area contributed by atoms with Gasteiger partial charge in [0.05, 0.1) is 0 Å². The normalized spacial score (nSPS) is 10.2. The zero-order valence-corrected chi connectivity index (χ0v) is 12.2. The Morgan fingerprint density at radius 1 is 1.47 bits per heavy atom. The Labute approximate surface area is 116 Å². The van der Waals surface area contributed by atoms with E-state index in [0.717, 1.165) is 41.7 Å². The summed E-state index contributed by atoms with van der Waals surface area (Å²) in [6.45, 7) is 1.74. The van der Waals surface area contributed by atoms with E-state index < -0.39 is 0 Å². The minimum atomic E-state index is 0.406. The van der Waals surface area contributed by atoms with Crippen molar-refractivity contribution in [2.24, 2.45) is 5.73 Å². The Balaban J connectivity index is 2.45. The van der Waals surface area contributed by atoms with Gasteiger partial charge in [-0.1, -0.05) is 12.2 Å². The van der Waals surface area contributed by atoms with Crippen LogP contribution in [0.3, 0.4) is 0 Å². The molecule has 0 aliphatic heterocycles. The van der Waals surface area contributed by atoms with E-state index in [4.69, 9.17) is 22.7 Å². The third-order valence-corrected chi connectivity index (χ3v) is 3.21. The number of nitrogens with two attached hydrogens (primary N) is 1. The van der Waals surface area contributed by atoms with E-state index in [9.17, 15) is 0 Å². The summed E-state index contributed by atoms with van der Waals surface area (Å²) >= 11 is 8.40. The van der Waals surface area contributed by atoms with Gasteiger partial charge in [0.15, 0.2) is 0 Å². The highest BCUT2D eigenvalue weighted by Gasteiger charge is 2.03. The predicted octanol–water partition coefficient (Wildman–Crippen LogP) is 2.92. The summed E-state index contributed by atoms with van der Waals surface area (Å²) in [7, 11) is 1.72. The van der Waals surface area contributed by atoms with Crippen LogP contribution in [0, 0.1) is 0 Å². The van der Waals surface area contributed by atoms with Crippen molar-refractivity contribution in [2.45, 2.75) is 12.8 Å². The predicted molar refractivity (Wildman–Crippen MR) is 79.6 cm³/mol. The number of halogens is 1. The maximum atomic E-state index is 5.59. The van der Waals surface area contributed by atoms with Crippen LogP contribution in [0.5, 0.6) is 0 Å². The number of anilines is 1. The number of rotatable bonds is 7. The molecule has 0 aliphatic rings. The van der Waals surface area contributed by atoms with Crippen LogP contribution in [-0.4, -0.2) is 25.2 Å². The van der Waals surface area contributed by atoms with E-state index in [1.165, 1.54) is 0 Å². The molecule has 0 spiro atoms. The molecule has 1 aromatic rings. The summed E-state index contributed by atoms with van der Waals surface area (Å²) in [6, 6.07) is 5.89. The smallest absolute Gasteiger partial charge is 0.105 e. The van der Waals surface area contributed by atoms with Gasteiger partial charge >= 0.3 is 0 Å². The molecule has 0 saturated carbocycles. The standard InChI is InChI=1S/C12H17BrN2OS/c1-16-7-3-2-6-15-9-4-5-10(12(14)17)11(13)8-9/h4-5,8,15H,2-3,6-7H2,1H3,(H2,14,17). The zero-order chi connectivity index (χ0) is 12.7. The molecule has 0 fully saturated rings. The average molecular weight is 317 g/mol. The number of methoxy groups -OCH3 is 1. The number of benzene rings is 1. The summed E-state index contributed by atoms with van der Waals surface area (Å²) < 4.78 is 5.91. The maximum absolute atomic E-state index is 5.59. The number of ether oxygens (including phenoxy) is 1. The van der Waals surface area contributed by atoms with Gasteiger partial charge in [0.25, 0.3) is 0 Å². The van der Waals surface area contributed by atoms with Gasteiger partial charge in [0.2, 0.25) is 0 Å². The Bertz CT molecular complexity index is 385. The third kappa shape index (κ3) is 5.02.